The topological polar surface area (TPSA) is 49.4 Å². The Morgan fingerprint density at radius 3 is 2.87 bits per heavy atom. The average Bonchev–Trinajstić information content (AvgIpc) is 2.17. The van der Waals surface area contributed by atoms with Crippen LogP contribution < -0.4 is 9.03 Å². The number of halogens is 1. The fourth-order valence-corrected chi connectivity index (χ4v) is 2.84. The Hall–Kier alpha value is -1.14. The molecule has 2 rings (SSSR count). The molecule has 1 aromatic carbocycles. The van der Waals surface area contributed by atoms with E-state index in [0.29, 0.717) is 18.8 Å². The smallest absolute Gasteiger partial charge is 0.258 e. The van der Waals surface area contributed by atoms with Crippen LogP contribution in [0.3, 0.4) is 0 Å². The third-order valence-electron chi connectivity index (χ3n) is 2.21. The summed E-state index contributed by atoms with van der Waals surface area (Å²) in [4.78, 5) is 0. The molecular formula is C9H11FN2O2S. The van der Waals surface area contributed by atoms with Crippen molar-refractivity contribution in [3.63, 3.8) is 0 Å². The van der Waals surface area contributed by atoms with E-state index in [0.717, 1.165) is 6.42 Å². The highest BCUT2D eigenvalue weighted by Crippen LogP contribution is 2.20. The first-order valence-corrected chi connectivity index (χ1v) is 6.06. The van der Waals surface area contributed by atoms with Gasteiger partial charge in [0.2, 0.25) is 0 Å². The van der Waals surface area contributed by atoms with Crippen LogP contribution in [0, 0.1) is 5.82 Å². The molecule has 0 spiro atoms. The fraction of sp³-hybridized carbons (Fsp3) is 0.333. The van der Waals surface area contributed by atoms with Gasteiger partial charge in [-0.2, -0.15) is 13.1 Å². The average molecular weight is 230 g/mol. The second kappa shape index (κ2) is 3.79. The maximum Gasteiger partial charge on any atom is 0.301 e. The minimum absolute atomic E-state index is 0.363. The van der Waals surface area contributed by atoms with Crippen LogP contribution in [0.25, 0.3) is 0 Å². The predicted octanol–water partition coefficient (Wildman–Crippen LogP) is 0.870. The van der Waals surface area contributed by atoms with Crippen LogP contribution >= 0.6 is 0 Å². The second-order valence-corrected chi connectivity index (χ2v) is 4.98. The Morgan fingerprint density at radius 2 is 2.20 bits per heavy atom. The van der Waals surface area contributed by atoms with Crippen molar-refractivity contribution in [2.75, 3.05) is 17.4 Å². The lowest BCUT2D eigenvalue weighted by Gasteiger charge is -2.28. The summed E-state index contributed by atoms with van der Waals surface area (Å²) in [5.41, 5.74) is 0.363. The van der Waals surface area contributed by atoms with E-state index < -0.39 is 16.0 Å². The van der Waals surface area contributed by atoms with Crippen LogP contribution in [0.1, 0.15) is 6.42 Å². The van der Waals surface area contributed by atoms with Gasteiger partial charge in [-0.1, -0.05) is 6.07 Å². The molecule has 0 aliphatic carbocycles. The monoisotopic (exact) mass is 230 g/mol. The molecule has 0 atom stereocenters. The zero-order valence-corrected chi connectivity index (χ0v) is 8.80. The highest BCUT2D eigenvalue weighted by atomic mass is 32.2. The summed E-state index contributed by atoms with van der Waals surface area (Å²) in [6.07, 6.45) is 0.718. The summed E-state index contributed by atoms with van der Waals surface area (Å²) in [5, 5.41) is 0. The van der Waals surface area contributed by atoms with Crippen molar-refractivity contribution in [1.29, 1.82) is 0 Å². The van der Waals surface area contributed by atoms with Crippen molar-refractivity contribution in [2.45, 2.75) is 6.42 Å². The Balaban J connectivity index is 2.37. The SMILES string of the molecule is O=S1(=O)NCCCN1c1cccc(F)c1. The summed E-state index contributed by atoms with van der Waals surface area (Å²) in [7, 11) is -3.48. The molecule has 1 N–H and O–H groups in total. The highest BCUT2D eigenvalue weighted by molar-refractivity contribution is 7.90. The number of nitrogens with one attached hydrogen (secondary N) is 1. The van der Waals surface area contributed by atoms with Gasteiger partial charge in [-0.25, -0.2) is 4.39 Å². The summed E-state index contributed by atoms with van der Waals surface area (Å²) >= 11 is 0. The Kier molecular flexibility index (Phi) is 2.62. The maximum atomic E-state index is 12.9. The summed E-state index contributed by atoms with van der Waals surface area (Å²) < 4.78 is 39.7. The van der Waals surface area contributed by atoms with E-state index >= 15 is 0 Å². The van der Waals surface area contributed by atoms with Gasteiger partial charge in [0, 0.05) is 13.1 Å². The molecule has 1 aliphatic heterocycles. The van der Waals surface area contributed by atoms with E-state index in [2.05, 4.69) is 4.72 Å². The third-order valence-corrected chi connectivity index (χ3v) is 3.75. The van der Waals surface area contributed by atoms with Crippen molar-refractivity contribution >= 4 is 15.9 Å². The van der Waals surface area contributed by atoms with Crippen molar-refractivity contribution in [2.24, 2.45) is 0 Å². The molecule has 82 valence electrons. The third kappa shape index (κ3) is 2.10. The number of benzene rings is 1. The fourth-order valence-electron chi connectivity index (χ4n) is 1.52. The lowest BCUT2D eigenvalue weighted by Crippen LogP contribution is -2.47. The van der Waals surface area contributed by atoms with E-state index in [4.69, 9.17) is 0 Å². The maximum absolute atomic E-state index is 12.9. The molecule has 15 heavy (non-hydrogen) atoms. The van der Waals surface area contributed by atoms with Gasteiger partial charge in [0.1, 0.15) is 5.82 Å². The van der Waals surface area contributed by atoms with Crippen molar-refractivity contribution < 1.29 is 12.8 Å². The van der Waals surface area contributed by atoms with Crippen LogP contribution in [0.15, 0.2) is 24.3 Å². The van der Waals surface area contributed by atoms with Crippen LogP contribution in [0.2, 0.25) is 0 Å². The van der Waals surface area contributed by atoms with Gasteiger partial charge in [-0.05, 0) is 24.6 Å². The number of hydrogen-bond donors (Lipinski definition) is 1. The number of rotatable bonds is 1. The molecule has 1 aliphatic rings. The van der Waals surface area contributed by atoms with Gasteiger partial charge in [-0.3, -0.25) is 4.31 Å². The minimum Gasteiger partial charge on any atom is -0.258 e. The zero-order valence-electron chi connectivity index (χ0n) is 7.98. The molecule has 0 radical (unpaired) electrons. The number of anilines is 1. The van der Waals surface area contributed by atoms with Crippen LogP contribution in [-0.2, 0) is 10.2 Å². The molecule has 1 heterocycles. The molecule has 1 aromatic rings. The molecule has 0 bridgehead atoms. The molecule has 4 nitrogen and oxygen atoms in total. The van der Waals surface area contributed by atoms with Gasteiger partial charge in [0.15, 0.2) is 0 Å². The van der Waals surface area contributed by atoms with Crippen molar-refractivity contribution in [3.8, 4) is 0 Å². The molecule has 0 amide bonds. The minimum atomic E-state index is -3.48. The second-order valence-electron chi connectivity index (χ2n) is 3.30. The van der Waals surface area contributed by atoms with E-state index in [1.807, 2.05) is 0 Å². The Bertz CT molecular complexity index is 461. The largest absolute Gasteiger partial charge is 0.301 e. The molecular weight excluding hydrogens is 219 g/mol. The van der Waals surface area contributed by atoms with Gasteiger partial charge < -0.3 is 0 Å². The van der Waals surface area contributed by atoms with E-state index in [1.54, 1.807) is 6.07 Å². The molecule has 0 saturated carbocycles. The molecule has 6 heteroatoms. The molecule has 0 unspecified atom stereocenters. The number of nitrogens with zero attached hydrogens (tertiary/aromatic N) is 1. The van der Waals surface area contributed by atoms with Gasteiger partial charge in [0.25, 0.3) is 0 Å². The summed E-state index contributed by atoms with van der Waals surface area (Å²) in [6, 6.07) is 5.57. The first-order chi connectivity index (χ1) is 7.09. The lowest BCUT2D eigenvalue weighted by atomic mass is 10.3. The van der Waals surface area contributed by atoms with Gasteiger partial charge in [0.05, 0.1) is 5.69 Å². The first kappa shape index (κ1) is 10.4. The normalized spacial score (nSPS) is 20.2. The van der Waals surface area contributed by atoms with E-state index in [-0.39, 0.29) is 0 Å². The van der Waals surface area contributed by atoms with Crippen molar-refractivity contribution in [3.05, 3.63) is 30.1 Å². The zero-order chi connectivity index (χ0) is 10.9. The number of hydrogen-bond acceptors (Lipinski definition) is 2. The van der Waals surface area contributed by atoms with Crippen LogP contribution in [-0.4, -0.2) is 21.5 Å². The highest BCUT2D eigenvalue weighted by Gasteiger charge is 2.25. The quantitative estimate of drug-likeness (QED) is 0.778. The summed E-state index contributed by atoms with van der Waals surface area (Å²) in [6.45, 7) is 0.826. The standard InChI is InChI=1S/C9H11FN2O2S/c10-8-3-1-4-9(7-8)12-6-2-5-11-15(12,13)14/h1,3-4,7,11H,2,5-6H2. The molecule has 1 saturated heterocycles. The van der Waals surface area contributed by atoms with Crippen LogP contribution in [0.5, 0.6) is 0 Å². The Labute approximate surface area is 87.9 Å². The summed E-state index contributed by atoms with van der Waals surface area (Å²) in [5.74, 6) is -0.437. The Morgan fingerprint density at radius 1 is 1.40 bits per heavy atom. The van der Waals surface area contributed by atoms with Crippen LogP contribution in [0.4, 0.5) is 10.1 Å². The lowest BCUT2D eigenvalue weighted by molar-refractivity contribution is 0.560. The molecule has 1 fully saturated rings. The first-order valence-electron chi connectivity index (χ1n) is 4.62. The van der Waals surface area contributed by atoms with Gasteiger partial charge >= 0.3 is 10.2 Å². The van der Waals surface area contributed by atoms with Crippen molar-refractivity contribution in [1.82, 2.24) is 4.72 Å². The molecule has 0 aromatic heterocycles. The van der Waals surface area contributed by atoms with E-state index in [1.165, 1.54) is 22.5 Å². The van der Waals surface area contributed by atoms with Gasteiger partial charge in [-0.15, -0.1) is 0 Å². The van der Waals surface area contributed by atoms with E-state index in [9.17, 15) is 12.8 Å². The predicted molar refractivity (Wildman–Crippen MR) is 55.3 cm³/mol.